The van der Waals surface area contributed by atoms with Gasteiger partial charge in [-0.15, -0.1) is 0 Å². The number of halogens is 1. The van der Waals surface area contributed by atoms with Crippen molar-refractivity contribution in [1.82, 2.24) is 4.57 Å². The number of rotatable bonds is 8. The maximum atomic E-state index is 14.1. The van der Waals surface area contributed by atoms with Crippen LogP contribution in [0.15, 0.2) is 88.2 Å². The van der Waals surface area contributed by atoms with Crippen molar-refractivity contribution in [3.05, 3.63) is 120 Å². The van der Waals surface area contributed by atoms with E-state index in [1.165, 1.54) is 11.3 Å². The molecule has 0 N–H and O–H groups in total. The van der Waals surface area contributed by atoms with Crippen LogP contribution in [0.25, 0.3) is 11.8 Å². The smallest absolute Gasteiger partial charge is 0.338 e. The Labute approximate surface area is 240 Å². The Morgan fingerprint density at radius 1 is 1.05 bits per heavy atom. The molecule has 0 bridgehead atoms. The highest BCUT2D eigenvalue weighted by Gasteiger charge is 2.35. The second-order valence-electron chi connectivity index (χ2n) is 8.82. The quantitative estimate of drug-likeness (QED) is 0.277. The van der Waals surface area contributed by atoms with E-state index in [0.717, 1.165) is 11.1 Å². The predicted molar refractivity (Wildman–Crippen MR) is 157 cm³/mol. The van der Waals surface area contributed by atoms with Gasteiger partial charge in [0.25, 0.3) is 5.56 Å². The lowest BCUT2D eigenvalue weighted by atomic mass is 9.93. The van der Waals surface area contributed by atoms with Crippen molar-refractivity contribution in [2.45, 2.75) is 19.9 Å². The summed E-state index contributed by atoms with van der Waals surface area (Å²) in [5.41, 5.74) is 2.60. The van der Waals surface area contributed by atoms with Crippen LogP contribution >= 0.6 is 22.9 Å². The van der Waals surface area contributed by atoms with Crippen LogP contribution in [0.2, 0.25) is 5.02 Å². The molecule has 0 radical (unpaired) electrons. The predicted octanol–water partition coefficient (Wildman–Crippen LogP) is 5.00. The van der Waals surface area contributed by atoms with E-state index < -0.39 is 12.0 Å². The van der Waals surface area contributed by atoms with Crippen LogP contribution in [-0.2, 0) is 9.53 Å². The van der Waals surface area contributed by atoms with Crippen molar-refractivity contribution >= 4 is 40.7 Å². The summed E-state index contributed by atoms with van der Waals surface area (Å²) in [7, 11) is 1.59. The van der Waals surface area contributed by atoms with Crippen LogP contribution in [0, 0.1) is 0 Å². The molecule has 0 unspecified atom stereocenters. The van der Waals surface area contributed by atoms with Gasteiger partial charge in [0, 0.05) is 16.1 Å². The molecular weight excluding hydrogens is 548 g/mol. The van der Waals surface area contributed by atoms with E-state index >= 15 is 0 Å². The summed E-state index contributed by atoms with van der Waals surface area (Å²) in [5, 5.41) is 0.523. The maximum Gasteiger partial charge on any atom is 0.338 e. The number of benzene rings is 3. The molecule has 5 rings (SSSR count). The zero-order valence-electron chi connectivity index (χ0n) is 22.2. The van der Waals surface area contributed by atoms with Crippen LogP contribution in [-0.4, -0.2) is 30.9 Å². The highest BCUT2D eigenvalue weighted by molar-refractivity contribution is 7.07. The summed E-state index contributed by atoms with van der Waals surface area (Å²) < 4.78 is 18.6. The highest BCUT2D eigenvalue weighted by atomic mass is 35.5. The Morgan fingerprint density at radius 3 is 2.48 bits per heavy atom. The molecule has 0 spiro atoms. The molecule has 204 valence electrons. The van der Waals surface area contributed by atoms with E-state index in [0.29, 0.717) is 43.7 Å². The first kappa shape index (κ1) is 27.4. The minimum absolute atomic E-state index is 0.180. The monoisotopic (exact) mass is 574 g/mol. The van der Waals surface area contributed by atoms with Gasteiger partial charge in [-0.25, -0.2) is 9.79 Å². The highest BCUT2D eigenvalue weighted by Crippen LogP contribution is 2.35. The zero-order valence-corrected chi connectivity index (χ0v) is 23.8. The van der Waals surface area contributed by atoms with Gasteiger partial charge in [0.15, 0.2) is 4.80 Å². The van der Waals surface area contributed by atoms with E-state index in [-0.39, 0.29) is 17.7 Å². The van der Waals surface area contributed by atoms with Crippen LogP contribution in [0.4, 0.5) is 0 Å². The summed E-state index contributed by atoms with van der Waals surface area (Å²) in [6.07, 6.45) is 1.75. The number of aromatic nitrogens is 1. The van der Waals surface area contributed by atoms with Crippen molar-refractivity contribution in [2.75, 3.05) is 20.3 Å². The van der Waals surface area contributed by atoms with Crippen LogP contribution in [0.1, 0.15) is 36.6 Å². The third-order valence-corrected chi connectivity index (χ3v) is 7.58. The molecule has 0 fully saturated rings. The Bertz CT molecular complexity index is 1760. The molecule has 7 nitrogen and oxygen atoms in total. The molecule has 40 heavy (non-hydrogen) atoms. The van der Waals surface area contributed by atoms with Crippen LogP contribution in [0.5, 0.6) is 11.5 Å². The normalized spacial score (nSPS) is 14.9. The first-order valence-corrected chi connectivity index (χ1v) is 14.0. The Hall–Kier alpha value is -4.14. The van der Waals surface area contributed by atoms with Gasteiger partial charge in [-0.3, -0.25) is 9.36 Å². The summed E-state index contributed by atoms with van der Waals surface area (Å²) in [6, 6.07) is 21.2. The maximum absolute atomic E-state index is 14.1. The number of ether oxygens (including phenoxy) is 3. The molecule has 0 aliphatic carbocycles. The first-order valence-electron chi connectivity index (χ1n) is 12.8. The Kier molecular flexibility index (Phi) is 8.19. The average molecular weight is 575 g/mol. The number of hydrogen-bond donors (Lipinski definition) is 0. The van der Waals surface area contributed by atoms with Crippen molar-refractivity contribution < 1.29 is 19.0 Å². The molecule has 0 amide bonds. The summed E-state index contributed by atoms with van der Waals surface area (Å²) in [6.45, 7) is 4.28. The van der Waals surface area contributed by atoms with Gasteiger partial charge in [0.2, 0.25) is 0 Å². The van der Waals surface area contributed by atoms with E-state index in [2.05, 4.69) is 0 Å². The first-order chi connectivity index (χ1) is 19.4. The number of thiazole rings is 1. The number of carbonyl (C=O) groups excluding carboxylic acids is 1. The topological polar surface area (TPSA) is 79.1 Å². The van der Waals surface area contributed by atoms with E-state index in [9.17, 15) is 9.59 Å². The minimum Gasteiger partial charge on any atom is -0.497 e. The number of methoxy groups -OCH3 is 1. The second kappa shape index (κ2) is 11.9. The lowest BCUT2D eigenvalue weighted by Gasteiger charge is -2.26. The molecule has 1 aromatic heterocycles. The van der Waals surface area contributed by atoms with E-state index in [1.807, 2.05) is 49.4 Å². The van der Waals surface area contributed by atoms with Crippen LogP contribution in [0.3, 0.4) is 0 Å². The zero-order chi connectivity index (χ0) is 28.2. The summed E-state index contributed by atoms with van der Waals surface area (Å²) >= 11 is 7.52. The van der Waals surface area contributed by atoms with E-state index in [4.69, 9.17) is 30.8 Å². The largest absolute Gasteiger partial charge is 0.497 e. The van der Waals surface area contributed by atoms with Crippen LogP contribution < -0.4 is 24.4 Å². The SMILES string of the molecule is CCOC(=O)C1=C(c2ccccc2)N=c2s/c(=C\c3cc(Cl)ccc3OCC)c(=O)n2[C@@H]1c1ccc(OC)cc1. The molecule has 4 aromatic rings. The number of carbonyl (C=O) groups is 1. The molecule has 1 aliphatic rings. The third-order valence-electron chi connectivity index (χ3n) is 6.36. The number of esters is 1. The fraction of sp³-hybridized carbons (Fsp3) is 0.194. The Morgan fingerprint density at radius 2 is 1.80 bits per heavy atom. The van der Waals surface area contributed by atoms with Gasteiger partial charge in [-0.05, 0) is 55.8 Å². The molecule has 1 aliphatic heterocycles. The minimum atomic E-state index is -0.774. The summed E-state index contributed by atoms with van der Waals surface area (Å²) in [4.78, 5) is 32.9. The van der Waals surface area contributed by atoms with E-state index in [1.54, 1.807) is 55.0 Å². The molecule has 9 heteroatoms. The second-order valence-corrected chi connectivity index (χ2v) is 10.3. The van der Waals surface area contributed by atoms with Gasteiger partial charge in [0.05, 0.1) is 42.2 Å². The van der Waals surface area contributed by atoms with Crippen molar-refractivity contribution in [3.8, 4) is 11.5 Å². The average Bonchev–Trinajstić information content (AvgIpc) is 3.28. The fourth-order valence-electron chi connectivity index (χ4n) is 4.60. The lowest BCUT2D eigenvalue weighted by Crippen LogP contribution is -2.40. The molecule has 2 heterocycles. The Balaban J connectivity index is 1.82. The molecule has 3 aromatic carbocycles. The van der Waals surface area contributed by atoms with Crippen molar-refractivity contribution in [3.63, 3.8) is 0 Å². The fourth-order valence-corrected chi connectivity index (χ4v) is 5.77. The number of nitrogens with zero attached hydrogens (tertiary/aromatic N) is 2. The molecular formula is C31H27ClN2O5S. The number of fused-ring (bicyclic) bond motifs is 1. The summed E-state index contributed by atoms with van der Waals surface area (Å²) in [5.74, 6) is 0.737. The standard InChI is InChI=1S/C31H27ClN2O5S/c1-4-38-24-16-13-22(32)17-21(24)18-25-29(35)34-28(20-11-14-23(37-3)15-12-20)26(30(36)39-5-2)27(33-31(34)40-25)19-9-7-6-8-10-19/h6-18,28H,4-5H2,1-3H3/b25-18-/t28-/m1/s1. The third kappa shape index (κ3) is 5.33. The molecule has 0 saturated heterocycles. The lowest BCUT2D eigenvalue weighted by molar-refractivity contribution is -0.138. The molecule has 0 saturated carbocycles. The van der Waals surface area contributed by atoms with Gasteiger partial charge < -0.3 is 14.2 Å². The number of hydrogen-bond acceptors (Lipinski definition) is 7. The van der Waals surface area contributed by atoms with Gasteiger partial charge >= 0.3 is 5.97 Å². The van der Waals surface area contributed by atoms with Crippen molar-refractivity contribution in [1.29, 1.82) is 0 Å². The van der Waals surface area contributed by atoms with Gasteiger partial charge in [-0.1, -0.05) is 65.4 Å². The molecule has 1 atom stereocenters. The van der Waals surface area contributed by atoms with Crippen molar-refractivity contribution in [2.24, 2.45) is 4.99 Å². The van der Waals surface area contributed by atoms with Gasteiger partial charge in [-0.2, -0.15) is 0 Å². The van der Waals surface area contributed by atoms with Gasteiger partial charge in [0.1, 0.15) is 11.5 Å².